The smallest absolute Gasteiger partial charge is 0.427 e. The highest BCUT2D eigenvalue weighted by molar-refractivity contribution is 5.85. The minimum atomic E-state index is -3.63. The van der Waals surface area contributed by atoms with Crippen molar-refractivity contribution >= 4 is 10.8 Å². The summed E-state index contributed by atoms with van der Waals surface area (Å²) in [7, 11) is 0. The van der Waals surface area contributed by atoms with E-state index in [1.807, 2.05) is 30.3 Å². The molecule has 4 rings (SSSR count). The first-order valence-electron chi connectivity index (χ1n) is 9.79. The summed E-state index contributed by atoms with van der Waals surface area (Å²) in [5.74, 6) is -1.63. The fraction of sp³-hybridized carbons (Fsp3) is 0.154. The average Bonchev–Trinajstić information content (AvgIpc) is 2.71. The molecule has 0 aliphatic rings. The van der Waals surface area contributed by atoms with Crippen molar-refractivity contribution in [1.29, 1.82) is 0 Å². The fourth-order valence-corrected chi connectivity index (χ4v) is 3.89. The third-order valence-electron chi connectivity index (χ3n) is 5.41. The Kier molecular flexibility index (Phi) is 5.21. The number of ether oxygens (including phenoxy) is 1. The van der Waals surface area contributed by atoms with E-state index in [1.54, 1.807) is 26.0 Å². The minimum Gasteiger partial charge on any atom is -0.429 e. The van der Waals surface area contributed by atoms with Crippen molar-refractivity contribution in [1.82, 2.24) is 0 Å². The Morgan fingerprint density at radius 2 is 1.39 bits per heavy atom. The molecule has 0 amide bonds. The molecule has 0 aliphatic carbocycles. The average molecular weight is 424 g/mol. The van der Waals surface area contributed by atoms with Crippen LogP contribution in [0.2, 0.25) is 0 Å². The van der Waals surface area contributed by atoms with Crippen LogP contribution in [0.4, 0.5) is 17.6 Å². The zero-order chi connectivity index (χ0) is 22.3. The molecule has 0 bridgehead atoms. The van der Waals surface area contributed by atoms with Crippen molar-refractivity contribution < 1.29 is 22.3 Å². The van der Waals surface area contributed by atoms with Gasteiger partial charge >= 0.3 is 6.11 Å². The Morgan fingerprint density at radius 3 is 2.03 bits per heavy atom. The van der Waals surface area contributed by atoms with E-state index in [4.69, 9.17) is 4.74 Å². The summed E-state index contributed by atoms with van der Waals surface area (Å²) in [6.07, 6.45) is -3.63. The molecule has 31 heavy (non-hydrogen) atoms. The van der Waals surface area contributed by atoms with Crippen LogP contribution in [0.25, 0.3) is 21.9 Å². The number of hydrogen-bond acceptors (Lipinski definition) is 1. The molecule has 158 valence electrons. The Labute approximate surface area is 177 Å². The summed E-state index contributed by atoms with van der Waals surface area (Å²) >= 11 is 0. The molecule has 0 radical (unpaired) electrons. The Morgan fingerprint density at radius 1 is 0.742 bits per heavy atom. The molecule has 0 saturated heterocycles. The number of benzene rings is 4. The third kappa shape index (κ3) is 3.88. The maximum Gasteiger partial charge on any atom is 0.427 e. The van der Waals surface area contributed by atoms with E-state index in [-0.39, 0.29) is 27.6 Å². The van der Waals surface area contributed by atoms with Gasteiger partial charge in [0.25, 0.3) is 0 Å². The van der Waals surface area contributed by atoms with Gasteiger partial charge in [-0.1, -0.05) is 42.5 Å². The van der Waals surface area contributed by atoms with Gasteiger partial charge in [-0.05, 0) is 72.7 Å². The van der Waals surface area contributed by atoms with Crippen LogP contribution < -0.4 is 4.74 Å². The summed E-state index contributed by atoms with van der Waals surface area (Å²) in [6, 6.07) is 17.8. The van der Waals surface area contributed by atoms with Crippen LogP contribution in [0.5, 0.6) is 5.75 Å². The zero-order valence-corrected chi connectivity index (χ0v) is 17.3. The molecule has 0 aromatic heterocycles. The molecule has 0 heterocycles. The monoisotopic (exact) mass is 424 g/mol. The third-order valence-corrected chi connectivity index (χ3v) is 5.41. The quantitative estimate of drug-likeness (QED) is 0.303. The molecule has 0 unspecified atom stereocenters. The van der Waals surface area contributed by atoms with Gasteiger partial charge in [0.15, 0.2) is 0 Å². The molecule has 0 spiro atoms. The van der Waals surface area contributed by atoms with Crippen molar-refractivity contribution in [3.63, 3.8) is 0 Å². The predicted octanol–water partition coefficient (Wildman–Crippen LogP) is 7.84. The first kappa shape index (κ1) is 20.9. The summed E-state index contributed by atoms with van der Waals surface area (Å²) in [5.41, 5.74) is 2.19. The lowest BCUT2D eigenvalue weighted by Crippen LogP contribution is -2.24. The van der Waals surface area contributed by atoms with Gasteiger partial charge in [0.05, 0.1) is 5.56 Å². The number of aryl methyl sites for hydroxylation is 2. The van der Waals surface area contributed by atoms with Crippen molar-refractivity contribution in [2.75, 3.05) is 0 Å². The molecule has 4 aromatic rings. The molecular formula is C26H20F4O. The van der Waals surface area contributed by atoms with E-state index in [0.29, 0.717) is 11.1 Å². The second kappa shape index (κ2) is 7.73. The molecule has 1 nitrogen and oxygen atoms in total. The highest BCUT2D eigenvalue weighted by Gasteiger charge is 2.38. The van der Waals surface area contributed by atoms with Gasteiger partial charge in [-0.15, -0.1) is 0 Å². The molecule has 0 N–H and O–H groups in total. The van der Waals surface area contributed by atoms with Crippen LogP contribution in [-0.2, 0) is 6.11 Å². The van der Waals surface area contributed by atoms with E-state index in [9.17, 15) is 8.78 Å². The topological polar surface area (TPSA) is 9.23 Å². The number of fused-ring (bicyclic) bond motifs is 1. The summed E-state index contributed by atoms with van der Waals surface area (Å²) in [5, 5.41) is 0.302. The summed E-state index contributed by atoms with van der Waals surface area (Å²) in [6.45, 7) is 4.55. The standard InChI is InChI=1S/C26H20F4O/c1-15-11-19(18-7-5-4-6-8-18)12-16(2)24(15)26(29,30)31-21-9-10-22-20(13-21)14-23(27)17(3)25(22)28/h4-14H,1-3H3. The second-order valence-electron chi connectivity index (χ2n) is 7.65. The van der Waals surface area contributed by atoms with Crippen molar-refractivity contribution in [3.05, 3.63) is 101 Å². The van der Waals surface area contributed by atoms with Crippen LogP contribution >= 0.6 is 0 Å². The van der Waals surface area contributed by atoms with Crippen molar-refractivity contribution in [2.45, 2.75) is 26.9 Å². The number of alkyl halides is 2. The lowest BCUT2D eigenvalue weighted by Gasteiger charge is -2.23. The van der Waals surface area contributed by atoms with Crippen LogP contribution in [0.3, 0.4) is 0 Å². The normalized spacial score (nSPS) is 11.7. The predicted molar refractivity (Wildman–Crippen MR) is 114 cm³/mol. The SMILES string of the molecule is Cc1cc(-c2ccccc2)cc(C)c1C(F)(F)Oc1ccc2c(F)c(C)c(F)cc2c1. The van der Waals surface area contributed by atoms with Gasteiger partial charge in [0, 0.05) is 10.9 Å². The van der Waals surface area contributed by atoms with Crippen molar-refractivity contribution in [2.24, 2.45) is 0 Å². The van der Waals surface area contributed by atoms with Gasteiger partial charge < -0.3 is 4.74 Å². The van der Waals surface area contributed by atoms with Gasteiger partial charge in [0.2, 0.25) is 0 Å². The van der Waals surface area contributed by atoms with E-state index >= 15 is 8.78 Å². The Hall–Kier alpha value is -3.34. The lowest BCUT2D eigenvalue weighted by molar-refractivity contribution is -0.186. The first-order chi connectivity index (χ1) is 14.7. The largest absolute Gasteiger partial charge is 0.429 e. The number of halogens is 4. The highest BCUT2D eigenvalue weighted by Crippen LogP contribution is 2.38. The minimum absolute atomic E-state index is 0.115. The first-order valence-corrected chi connectivity index (χ1v) is 9.79. The molecule has 0 saturated carbocycles. The molecule has 4 aromatic carbocycles. The maximum absolute atomic E-state index is 15.1. The molecule has 0 aliphatic heterocycles. The number of rotatable bonds is 4. The van der Waals surface area contributed by atoms with E-state index < -0.39 is 17.7 Å². The zero-order valence-electron chi connectivity index (χ0n) is 17.3. The fourth-order valence-electron chi connectivity index (χ4n) is 3.89. The van der Waals surface area contributed by atoms with Crippen molar-refractivity contribution in [3.8, 4) is 16.9 Å². The number of hydrogen-bond donors (Lipinski definition) is 0. The van der Waals surface area contributed by atoms with Crippen LogP contribution in [0.1, 0.15) is 22.3 Å². The highest BCUT2D eigenvalue weighted by atomic mass is 19.3. The summed E-state index contributed by atoms with van der Waals surface area (Å²) in [4.78, 5) is 0. The van der Waals surface area contributed by atoms with Crippen LogP contribution in [0.15, 0.2) is 66.7 Å². The van der Waals surface area contributed by atoms with E-state index in [2.05, 4.69) is 0 Å². The Balaban J connectivity index is 1.71. The maximum atomic E-state index is 15.1. The summed E-state index contributed by atoms with van der Waals surface area (Å²) < 4.78 is 63.5. The van der Waals surface area contributed by atoms with Gasteiger partial charge in [-0.3, -0.25) is 0 Å². The second-order valence-corrected chi connectivity index (χ2v) is 7.65. The molecular weight excluding hydrogens is 404 g/mol. The Bertz CT molecular complexity index is 1260. The van der Waals surface area contributed by atoms with E-state index in [0.717, 1.165) is 17.2 Å². The molecule has 0 fully saturated rings. The van der Waals surface area contributed by atoms with E-state index in [1.165, 1.54) is 25.1 Å². The van der Waals surface area contributed by atoms with Crippen LogP contribution in [0, 0.1) is 32.4 Å². The van der Waals surface area contributed by atoms with Crippen LogP contribution in [-0.4, -0.2) is 0 Å². The van der Waals surface area contributed by atoms with Gasteiger partial charge in [-0.25, -0.2) is 8.78 Å². The lowest BCUT2D eigenvalue weighted by atomic mass is 9.95. The van der Waals surface area contributed by atoms with Gasteiger partial charge in [0.1, 0.15) is 17.4 Å². The molecule has 0 atom stereocenters. The van der Waals surface area contributed by atoms with Gasteiger partial charge in [-0.2, -0.15) is 8.78 Å². The molecule has 5 heteroatoms.